The summed E-state index contributed by atoms with van der Waals surface area (Å²) >= 11 is 0. The summed E-state index contributed by atoms with van der Waals surface area (Å²) in [7, 11) is 0. The zero-order chi connectivity index (χ0) is 19.7. The second kappa shape index (κ2) is 6.94. The molecule has 0 spiro atoms. The van der Waals surface area contributed by atoms with Gasteiger partial charge in [0.05, 0.1) is 29.6 Å². The number of nitriles is 1. The number of rotatable bonds is 5. The van der Waals surface area contributed by atoms with Gasteiger partial charge in [-0.15, -0.1) is 0 Å². The van der Waals surface area contributed by atoms with E-state index >= 15 is 0 Å². The zero-order valence-corrected chi connectivity index (χ0v) is 14.2. The molecule has 1 aliphatic heterocycles. The molecule has 1 heterocycles. The number of benzene rings is 1. The van der Waals surface area contributed by atoms with Crippen molar-refractivity contribution in [1.82, 2.24) is 4.90 Å². The molecule has 1 saturated heterocycles. The van der Waals surface area contributed by atoms with Crippen molar-refractivity contribution in [1.29, 1.82) is 5.26 Å². The number of imide groups is 1. The third-order valence-electron chi connectivity index (χ3n) is 4.28. The summed E-state index contributed by atoms with van der Waals surface area (Å²) in [5.41, 5.74) is -3.33. The third-order valence-corrected chi connectivity index (χ3v) is 4.28. The number of anilines is 1. The number of nitrogens with zero attached hydrogens (tertiary/aromatic N) is 3. The molecule has 0 N–H and O–H groups in total. The molecule has 1 aromatic carbocycles. The molecule has 0 aromatic heterocycles. The molecular formula is C17H17F4N3O2. The lowest BCUT2D eigenvalue weighted by Gasteiger charge is -2.27. The van der Waals surface area contributed by atoms with E-state index in [2.05, 4.69) is 0 Å². The Labute approximate surface area is 147 Å². The van der Waals surface area contributed by atoms with E-state index in [9.17, 15) is 27.2 Å². The van der Waals surface area contributed by atoms with Crippen LogP contribution < -0.4 is 4.90 Å². The first-order chi connectivity index (χ1) is 12.1. The van der Waals surface area contributed by atoms with Crippen molar-refractivity contribution < 1.29 is 27.2 Å². The highest BCUT2D eigenvalue weighted by Gasteiger charge is 2.51. The van der Waals surface area contributed by atoms with E-state index in [4.69, 9.17) is 5.26 Å². The number of amides is 3. The quantitative estimate of drug-likeness (QED) is 0.448. The fraction of sp³-hybridized carbons (Fsp3) is 0.471. The first-order valence-corrected chi connectivity index (χ1v) is 7.89. The number of carbonyl (C=O) groups excluding carboxylic acids is 2. The Morgan fingerprint density at radius 1 is 1.19 bits per heavy atom. The summed E-state index contributed by atoms with van der Waals surface area (Å²) in [6, 6.07) is 3.36. The van der Waals surface area contributed by atoms with E-state index in [1.54, 1.807) is 0 Å². The van der Waals surface area contributed by atoms with Crippen LogP contribution in [0.1, 0.15) is 37.8 Å². The Bertz CT molecular complexity index is 768. The second-order valence-corrected chi connectivity index (χ2v) is 6.37. The van der Waals surface area contributed by atoms with Gasteiger partial charge in [0.1, 0.15) is 5.54 Å². The van der Waals surface area contributed by atoms with E-state index in [0.29, 0.717) is 17.4 Å². The summed E-state index contributed by atoms with van der Waals surface area (Å²) in [6.45, 7) is 2.51. The van der Waals surface area contributed by atoms with Gasteiger partial charge in [-0.2, -0.15) is 18.4 Å². The molecule has 0 saturated carbocycles. The number of halogens is 4. The van der Waals surface area contributed by atoms with Crippen LogP contribution in [0, 0.1) is 11.3 Å². The minimum atomic E-state index is -4.80. The van der Waals surface area contributed by atoms with Gasteiger partial charge in [-0.1, -0.05) is 0 Å². The SMILES string of the molecule is CC1(C)C(=O)N(c2ccc(C#N)c(C(F)(F)F)c2)C(=O)N1CCCCF. The summed E-state index contributed by atoms with van der Waals surface area (Å²) in [5.74, 6) is -0.680. The van der Waals surface area contributed by atoms with Crippen LogP contribution >= 0.6 is 0 Å². The van der Waals surface area contributed by atoms with Crippen molar-refractivity contribution >= 4 is 17.6 Å². The van der Waals surface area contributed by atoms with Crippen LogP contribution in [0.5, 0.6) is 0 Å². The van der Waals surface area contributed by atoms with E-state index in [0.717, 1.165) is 12.1 Å². The Hall–Kier alpha value is -2.63. The average Bonchev–Trinajstić information content (AvgIpc) is 2.73. The van der Waals surface area contributed by atoms with Gasteiger partial charge in [0.15, 0.2) is 0 Å². The van der Waals surface area contributed by atoms with Crippen LogP contribution in [0.2, 0.25) is 0 Å². The van der Waals surface area contributed by atoms with E-state index < -0.39 is 41.5 Å². The van der Waals surface area contributed by atoms with Gasteiger partial charge in [0.25, 0.3) is 5.91 Å². The lowest BCUT2D eigenvalue weighted by molar-refractivity contribution is -0.137. The number of unbranched alkanes of at least 4 members (excludes halogenated alkanes) is 1. The van der Waals surface area contributed by atoms with Crippen LogP contribution in [0.3, 0.4) is 0 Å². The Kier molecular flexibility index (Phi) is 5.26. The molecule has 1 aliphatic rings. The number of alkyl halides is 4. The van der Waals surface area contributed by atoms with Gasteiger partial charge in [0.2, 0.25) is 0 Å². The molecular weight excluding hydrogens is 354 g/mol. The van der Waals surface area contributed by atoms with Crippen LogP contribution in [0.15, 0.2) is 18.2 Å². The predicted molar refractivity (Wildman–Crippen MR) is 85.0 cm³/mol. The minimum Gasteiger partial charge on any atom is -0.310 e. The number of urea groups is 1. The first kappa shape index (κ1) is 19.7. The van der Waals surface area contributed by atoms with Crippen molar-refractivity contribution in [3.8, 4) is 6.07 Å². The van der Waals surface area contributed by atoms with Gasteiger partial charge in [-0.05, 0) is 44.9 Å². The maximum atomic E-state index is 13.1. The lowest BCUT2D eigenvalue weighted by Crippen LogP contribution is -2.44. The van der Waals surface area contributed by atoms with Crippen LogP contribution in [0.25, 0.3) is 0 Å². The largest absolute Gasteiger partial charge is 0.417 e. The van der Waals surface area contributed by atoms with Crippen molar-refractivity contribution in [2.45, 2.75) is 38.4 Å². The number of carbonyl (C=O) groups is 2. The smallest absolute Gasteiger partial charge is 0.310 e. The summed E-state index contributed by atoms with van der Waals surface area (Å²) in [4.78, 5) is 27.2. The second-order valence-electron chi connectivity index (χ2n) is 6.37. The van der Waals surface area contributed by atoms with Crippen molar-refractivity contribution in [3.05, 3.63) is 29.3 Å². The van der Waals surface area contributed by atoms with Gasteiger partial charge in [0, 0.05) is 6.54 Å². The first-order valence-electron chi connectivity index (χ1n) is 7.89. The van der Waals surface area contributed by atoms with Gasteiger partial charge < -0.3 is 4.90 Å². The van der Waals surface area contributed by atoms with Crippen LogP contribution in [-0.2, 0) is 11.0 Å². The molecule has 26 heavy (non-hydrogen) atoms. The molecule has 0 radical (unpaired) electrons. The highest BCUT2D eigenvalue weighted by molar-refractivity contribution is 6.23. The maximum Gasteiger partial charge on any atom is 0.417 e. The monoisotopic (exact) mass is 371 g/mol. The van der Waals surface area contributed by atoms with E-state index in [1.165, 1.54) is 24.8 Å². The summed E-state index contributed by atoms with van der Waals surface area (Å²) in [6.07, 6.45) is -4.26. The Morgan fingerprint density at radius 3 is 2.38 bits per heavy atom. The fourth-order valence-electron chi connectivity index (χ4n) is 2.81. The van der Waals surface area contributed by atoms with Crippen molar-refractivity contribution in [3.63, 3.8) is 0 Å². The molecule has 3 amide bonds. The maximum absolute atomic E-state index is 13.1. The van der Waals surface area contributed by atoms with Gasteiger partial charge >= 0.3 is 12.2 Å². The van der Waals surface area contributed by atoms with E-state index in [-0.39, 0.29) is 18.7 Å². The molecule has 140 valence electrons. The Balaban J connectivity index is 2.44. The number of hydrogen-bond donors (Lipinski definition) is 0. The average molecular weight is 371 g/mol. The molecule has 9 heteroatoms. The lowest BCUT2D eigenvalue weighted by atomic mass is 10.0. The van der Waals surface area contributed by atoms with Crippen LogP contribution in [-0.4, -0.2) is 35.6 Å². The molecule has 0 unspecified atom stereocenters. The molecule has 0 bridgehead atoms. The standard InChI is InChI=1S/C17H17F4N3O2/c1-16(2)14(25)24(15(26)23(16)8-4-3-7-18)12-6-5-11(10-22)13(9-12)17(19,20)21/h5-6,9H,3-4,7-8H2,1-2H3. The molecule has 2 rings (SSSR count). The van der Waals surface area contributed by atoms with Crippen molar-refractivity contribution in [2.24, 2.45) is 0 Å². The van der Waals surface area contributed by atoms with Crippen molar-refractivity contribution in [2.75, 3.05) is 18.1 Å². The molecule has 1 fully saturated rings. The molecule has 0 atom stereocenters. The normalized spacial score (nSPS) is 17.0. The molecule has 0 aliphatic carbocycles. The highest BCUT2D eigenvalue weighted by atomic mass is 19.4. The van der Waals surface area contributed by atoms with Gasteiger partial charge in [-0.3, -0.25) is 9.18 Å². The molecule has 5 nitrogen and oxygen atoms in total. The Morgan fingerprint density at radius 2 is 1.85 bits per heavy atom. The highest BCUT2D eigenvalue weighted by Crippen LogP contribution is 2.37. The summed E-state index contributed by atoms with van der Waals surface area (Å²) in [5, 5.41) is 8.85. The van der Waals surface area contributed by atoms with Crippen LogP contribution in [0.4, 0.5) is 28.0 Å². The third kappa shape index (κ3) is 3.36. The summed E-state index contributed by atoms with van der Waals surface area (Å²) < 4.78 is 51.7. The fourth-order valence-corrected chi connectivity index (χ4v) is 2.81. The van der Waals surface area contributed by atoms with Gasteiger partial charge in [-0.25, -0.2) is 9.69 Å². The number of hydrogen-bond acceptors (Lipinski definition) is 3. The van der Waals surface area contributed by atoms with E-state index in [1.807, 2.05) is 0 Å². The molecule has 1 aromatic rings. The predicted octanol–water partition coefficient (Wildman–Crippen LogP) is 3.87. The topological polar surface area (TPSA) is 64.4 Å². The zero-order valence-electron chi connectivity index (χ0n) is 14.2. The minimum absolute atomic E-state index is 0.112.